The van der Waals surface area contributed by atoms with Crippen molar-refractivity contribution in [3.63, 3.8) is 0 Å². The van der Waals surface area contributed by atoms with E-state index in [-0.39, 0.29) is 12.5 Å². The highest BCUT2D eigenvalue weighted by Gasteiger charge is 2.10. The molecule has 0 saturated carbocycles. The number of hydrogen-bond donors (Lipinski definition) is 1. The van der Waals surface area contributed by atoms with Gasteiger partial charge in [-0.2, -0.15) is 5.10 Å². The quantitative estimate of drug-likeness (QED) is 0.509. The Hall–Kier alpha value is -2.40. The van der Waals surface area contributed by atoms with Crippen LogP contribution < -0.4 is 10.2 Å². The summed E-state index contributed by atoms with van der Waals surface area (Å²) in [5, 5.41) is 3.94. The average Bonchev–Trinajstić information content (AvgIpc) is 2.60. The van der Waals surface area contributed by atoms with E-state index in [1.165, 1.54) is 6.21 Å². The first-order chi connectivity index (χ1) is 12.5. The molecule has 0 saturated heterocycles. The molecule has 0 aliphatic carbocycles. The van der Waals surface area contributed by atoms with Gasteiger partial charge in [0.1, 0.15) is 5.75 Å². The molecule has 0 radical (unpaired) electrons. The highest BCUT2D eigenvalue weighted by Crippen LogP contribution is 2.27. The fourth-order valence-electron chi connectivity index (χ4n) is 2.33. The van der Waals surface area contributed by atoms with E-state index in [0.717, 1.165) is 26.9 Å². The summed E-state index contributed by atoms with van der Waals surface area (Å²) >= 11 is 3.40. The van der Waals surface area contributed by atoms with Crippen molar-refractivity contribution in [3.8, 4) is 5.75 Å². The minimum atomic E-state index is -0.308. The molecule has 2 aromatic carbocycles. The van der Waals surface area contributed by atoms with E-state index in [1.54, 1.807) is 0 Å². The van der Waals surface area contributed by atoms with E-state index in [2.05, 4.69) is 40.3 Å². The highest BCUT2D eigenvalue weighted by atomic mass is 79.9. The van der Waals surface area contributed by atoms with Gasteiger partial charge in [0.25, 0.3) is 5.91 Å². The monoisotopic (exact) mass is 414 g/mol. The number of carbonyl (C=O) groups excluding carboxylic acids is 1. The van der Waals surface area contributed by atoms with Crippen molar-refractivity contribution in [2.24, 2.45) is 5.10 Å². The minimum absolute atomic E-state index is 0.0828. The third-order valence-electron chi connectivity index (χ3n) is 3.63. The van der Waals surface area contributed by atoms with Crippen LogP contribution in [0.5, 0.6) is 5.75 Å². The summed E-state index contributed by atoms with van der Waals surface area (Å²) in [5.41, 5.74) is 5.69. The number of ether oxygens (including phenoxy) is 1. The third-order valence-corrected chi connectivity index (χ3v) is 4.06. The summed E-state index contributed by atoms with van der Waals surface area (Å²) in [6, 6.07) is 15.9. The molecule has 0 aromatic heterocycles. The summed E-state index contributed by atoms with van der Waals surface area (Å²) in [5.74, 6) is 0.757. The largest absolute Gasteiger partial charge is 0.483 e. The van der Waals surface area contributed by atoms with Crippen LogP contribution >= 0.6 is 15.9 Å². The third kappa shape index (κ3) is 6.48. The van der Waals surface area contributed by atoms with Gasteiger partial charge in [0.2, 0.25) is 0 Å². The number of hydrogen-bond acceptors (Lipinski definition) is 3. The Balaban J connectivity index is 1.88. The smallest absolute Gasteiger partial charge is 0.277 e. The normalized spacial score (nSPS) is 11.8. The topological polar surface area (TPSA) is 50.7 Å². The Kier molecular flexibility index (Phi) is 7.60. The number of nitrogens with one attached hydrogen (secondary N) is 1. The SMILES string of the molecule is Cc1ccc(C(C)C)c(OCC(=O)N/N=C\C(Br)=C\c2ccccc2)c1. The fourth-order valence-corrected chi connectivity index (χ4v) is 2.70. The van der Waals surface area contributed by atoms with Crippen LogP contribution in [0.2, 0.25) is 0 Å². The molecule has 1 N–H and O–H groups in total. The van der Waals surface area contributed by atoms with Crippen LogP contribution in [-0.4, -0.2) is 18.7 Å². The first-order valence-corrected chi connectivity index (χ1v) is 9.22. The Bertz CT molecular complexity index is 799. The number of rotatable bonds is 7. The lowest BCUT2D eigenvalue weighted by Crippen LogP contribution is -2.24. The van der Waals surface area contributed by atoms with E-state index in [9.17, 15) is 4.79 Å². The Morgan fingerprint density at radius 2 is 1.96 bits per heavy atom. The average molecular weight is 415 g/mol. The van der Waals surface area contributed by atoms with Crippen molar-refractivity contribution in [1.82, 2.24) is 5.43 Å². The van der Waals surface area contributed by atoms with Gasteiger partial charge in [-0.15, -0.1) is 0 Å². The molecule has 4 nitrogen and oxygen atoms in total. The summed E-state index contributed by atoms with van der Waals surface area (Å²) in [7, 11) is 0. The molecule has 0 spiro atoms. The van der Waals surface area contributed by atoms with Gasteiger partial charge in [-0.25, -0.2) is 5.43 Å². The molecule has 0 unspecified atom stereocenters. The van der Waals surface area contributed by atoms with Gasteiger partial charge in [0, 0.05) is 4.48 Å². The second kappa shape index (κ2) is 9.92. The van der Waals surface area contributed by atoms with Crippen molar-refractivity contribution < 1.29 is 9.53 Å². The van der Waals surface area contributed by atoms with Crippen LogP contribution in [0.1, 0.15) is 36.5 Å². The number of benzene rings is 2. The first-order valence-electron chi connectivity index (χ1n) is 8.43. The zero-order chi connectivity index (χ0) is 18.9. The molecular formula is C21H23BrN2O2. The molecular weight excluding hydrogens is 392 g/mol. The second-order valence-corrected chi connectivity index (χ2v) is 7.13. The predicted octanol–water partition coefficient (Wildman–Crippen LogP) is 5.04. The second-order valence-electron chi connectivity index (χ2n) is 6.22. The molecule has 26 heavy (non-hydrogen) atoms. The maximum absolute atomic E-state index is 11.9. The van der Waals surface area contributed by atoms with Crippen LogP contribution in [0.25, 0.3) is 6.08 Å². The molecule has 2 aromatic rings. The standard InChI is InChI=1S/C21H23BrN2O2/c1-15(2)19-10-9-16(3)11-20(19)26-14-21(25)24-23-13-18(22)12-17-7-5-4-6-8-17/h4-13,15H,14H2,1-3H3,(H,24,25)/b18-12-,23-13-. The van der Waals surface area contributed by atoms with Gasteiger partial charge in [-0.05, 0) is 57.6 Å². The molecule has 0 aliphatic heterocycles. The lowest BCUT2D eigenvalue weighted by Gasteiger charge is -2.14. The molecule has 0 atom stereocenters. The van der Waals surface area contributed by atoms with E-state index >= 15 is 0 Å². The lowest BCUT2D eigenvalue weighted by atomic mass is 10.0. The Labute approximate surface area is 163 Å². The number of aryl methyl sites for hydroxylation is 1. The van der Waals surface area contributed by atoms with Crippen LogP contribution in [-0.2, 0) is 4.79 Å². The van der Waals surface area contributed by atoms with Gasteiger partial charge in [0.15, 0.2) is 6.61 Å². The van der Waals surface area contributed by atoms with Gasteiger partial charge in [-0.1, -0.05) is 56.3 Å². The predicted molar refractivity (Wildman–Crippen MR) is 111 cm³/mol. The van der Waals surface area contributed by atoms with E-state index in [0.29, 0.717) is 5.92 Å². The number of carbonyl (C=O) groups is 1. The van der Waals surface area contributed by atoms with Crippen molar-refractivity contribution in [2.75, 3.05) is 6.61 Å². The molecule has 0 bridgehead atoms. The number of hydrazone groups is 1. The fraction of sp³-hybridized carbons (Fsp3) is 0.238. The van der Waals surface area contributed by atoms with Gasteiger partial charge >= 0.3 is 0 Å². The molecule has 1 amide bonds. The first kappa shape index (κ1) is 19.9. The van der Waals surface area contributed by atoms with Crippen LogP contribution in [0.15, 0.2) is 58.1 Å². The number of amides is 1. The van der Waals surface area contributed by atoms with Gasteiger partial charge < -0.3 is 4.74 Å². The Morgan fingerprint density at radius 1 is 1.23 bits per heavy atom. The van der Waals surface area contributed by atoms with Gasteiger partial charge in [-0.3, -0.25) is 4.79 Å². The Morgan fingerprint density at radius 3 is 2.65 bits per heavy atom. The lowest BCUT2D eigenvalue weighted by molar-refractivity contribution is -0.123. The van der Waals surface area contributed by atoms with Crippen molar-refractivity contribution in [3.05, 3.63) is 69.7 Å². The van der Waals surface area contributed by atoms with Crippen LogP contribution in [0, 0.1) is 6.92 Å². The number of allylic oxidation sites excluding steroid dienone is 1. The zero-order valence-corrected chi connectivity index (χ0v) is 16.8. The summed E-state index contributed by atoms with van der Waals surface area (Å²) in [4.78, 5) is 11.9. The maximum Gasteiger partial charge on any atom is 0.277 e. The zero-order valence-electron chi connectivity index (χ0n) is 15.2. The molecule has 2 rings (SSSR count). The maximum atomic E-state index is 11.9. The van der Waals surface area contributed by atoms with Gasteiger partial charge in [0.05, 0.1) is 6.21 Å². The minimum Gasteiger partial charge on any atom is -0.483 e. The summed E-state index contributed by atoms with van der Waals surface area (Å²) in [6.45, 7) is 6.11. The number of halogens is 1. The number of nitrogens with zero attached hydrogens (tertiary/aromatic N) is 1. The summed E-state index contributed by atoms with van der Waals surface area (Å²) in [6.07, 6.45) is 3.45. The summed E-state index contributed by atoms with van der Waals surface area (Å²) < 4.78 is 6.44. The van der Waals surface area contributed by atoms with E-state index < -0.39 is 0 Å². The molecule has 136 valence electrons. The van der Waals surface area contributed by atoms with Crippen molar-refractivity contribution in [1.29, 1.82) is 0 Å². The molecule has 5 heteroatoms. The van der Waals surface area contributed by atoms with E-state index in [4.69, 9.17) is 4.74 Å². The molecule has 0 heterocycles. The molecule has 0 fully saturated rings. The van der Waals surface area contributed by atoms with Crippen LogP contribution in [0.4, 0.5) is 0 Å². The highest BCUT2D eigenvalue weighted by molar-refractivity contribution is 9.12. The molecule has 0 aliphatic rings. The van der Waals surface area contributed by atoms with Crippen molar-refractivity contribution in [2.45, 2.75) is 26.7 Å². The van der Waals surface area contributed by atoms with Crippen molar-refractivity contribution >= 4 is 34.1 Å². The van der Waals surface area contributed by atoms with Crippen LogP contribution in [0.3, 0.4) is 0 Å². The van der Waals surface area contributed by atoms with E-state index in [1.807, 2.05) is 61.5 Å².